The number of benzene rings is 1. The van der Waals surface area contributed by atoms with Gasteiger partial charge in [-0.1, -0.05) is 45.1 Å². The largest absolute Gasteiger partial charge is 0.497 e. The van der Waals surface area contributed by atoms with Crippen LogP contribution < -0.4 is 10.1 Å². The molecule has 0 radical (unpaired) electrons. The van der Waals surface area contributed by atoms with Crippen LogP contribution >= 0.6 is 0 Å². The van der Waals surface area contributed by atoms with Gasteiger partial charge < -0.3 is 10.1 Å². The molecule has 1 unspecified atom stereocenters. The van der Waals surface area contributed by atoms with Gasteiger partial charge in [0.2, 0.25) is 0 Å². The maximum atomic E-state index is 5.32. The van der Waals surface area contributed by atoms with Gasteiger partial charge in [0, 0.05) is 6.04 Å². The predicted octanol–water partition coefficient (Wildman–Crippen LogP) is 4.24. The summed E-state index contributed by atoms with van der Waals surface area (Å²) in [5, 5.41) is 3.66. The fourth-order valence-electron chi connectivity index (χ4n) is 2.97. The molecule has 2 rings (SSSR count). The van der Waals surface area contributed by atoms with Crippen molar-refractivity contribution < 1.29 is 4.74 Å². The Morgan fingerprint density at radius 2 is 2.05 bits per heavy atom. The van der Waals surface area contributed by atoms with Gasteiger partial charge in [-0.3, -0.25) is 0 Å². The van der Waals surface area contributed by atoms with Gasteiger partial charge in [-0.2, -0.15) is 0 Å². The maximum Gasteiger partial charge on any atom is 0.119 e. The molecule has 106 valence electrons. The molecule has 0 saturated heterocycles. The van der Waals surface area contributed by atoms with Crippen LogP contribution in [0, 0.1) is 0 Å². The smallest absolute Gasteiger partial charge is 0.119 e. The number of fused-ring (bicyclic) bond motifs is 1. The van der Waals surface area contributed by atoms with Gasteiger partial charge in [0.15, 0.2) is 0 Å². The highest BCUT2D eigenvalue weighted by atomic mass is 16.5. The van der Waals surface area contributed by atoms with Crippen molar-refractivity contribution in [1.82, 2.24) is 5.32 Å². The van der Waals surface area contributed by atoms with Crippen LogP contribution in [0.4, 0.5) is 0 Å². The molecule has 1 aliphatic heterocycles. The van der Waals surface area contributed by atoms with Crippen molar-refractivity contribution in [2.75, 3.05) is 13.7 Å². The maximum absolute atomic E-state index is 5.32. The molecule has 0 saturated carbocycles. The average Bonchev–Trinajstić information content (AvgIpc) is 2.46. The number of methoxy groups -OCH3 is 1. The van der Waals surface area contributed by atoms with Crippen molar-refractivity contribution in [3.8, 4) is 5.75 Å². The number of nitrogens with one attached hydrogen (secondary N) is 1. The summed E-state index contributed by atoms with van der Waals surface area (Å²) in [6.07, 6.45) is 9.19. The zero-order valence-corrected chi connectivity index (χ0v) is 12.4. The van der Waals surface area contributed by atoms with Crippen molar-refractivity contribution in [3.05, 3.63) is 29.3 Å². The summed E-state index contributed by atoms with van der Waals surface area (Å²) in [5.41, 5.74) is 2.96. The topological polar surface area (TPSA) is 21.3 Å². The molecule has 0 spiro atoms. The quantitative estimate of drug-likeness (QED) is 0.741. The Morgan fingerprint density at radius 3 is 2.84 bits per heavy atom. The molecular formula is C17H27NO. The fraction of sp³-hybridized carbons (Fsp3) is 0.647. The molecule has 1 N–H and O–H groups in total. The van der Waals surface area contributed by atoms with Crippen molar-refractivity contribution in [2.24, 2.45) is 0 Å². The summed E-state index contributed by atoms with van der Waals surface area (Å²) in [6.45, 7) is 3.37. The van der Waals surface area contributed by atoms with Gasteiger partial charge >= 0.3 is 0 Å². The fourth-order valence-corrected chi connectivity index (χ4v) is 2.97. The molecule has 0 amide bonds. The van der Waals surface area contributed by atoms with Crippen molar-refractivity contribution >= 4 is 0 Å². The molecule has 0 fully saturated rings. The number of ether oxygens (including phenoxy) is 1. The summed E-state index contributed by atoms with van der Waals surface area (Å²) in [5.74, 6) is 0.988. The number of hydrogen-bond donors (Lipinski definition) is 1. The number of unbranched alkanes of at least 4 members (excludes halogenated alkanes) is 4. The molecule has 1 heterocycles. The monoisotopic (exact) mass is 261 g/mol. The molecule has 2 nitrogen and oxygen atoms in total. The van der Waals surface area contributed by atoms with E-state index in [0.717, 1.165) is 18.7 Å². The molecule has 0 bridgehead atoms. The van der Waals surface area contributed by atoms with Gasteiger partial charge in [-0.25, -0.2) is 0 Å². The molecule has 0 aromatic heterocycles. The van der Waals surface area contributed by atoms with E-state index in [1.54, 1.807) is 7.11 Å². The standard InChI is InChI=1S/C17H27NO/c1-3-4-5-6-7-8-17-16-10-9-15(19-2)13-14(16)11-12-18-17/h9-10,13,17-18H,3-8,11-12H2,1-2H3. The molecular weight excluding hydrogens is 234 g/mol. The van der Waals surface area contributed by atoms with E-state index in [1.807, 2.05) is 0 Å². The highest BCUT2D eigenvalue weighted by molar-refractivity contribution is 5.39. The van der Waals surface area contributed by atoms with Gasteiger partial charge in [-0.05, 0) is 42.6 Å². The Bertz CT molecular complexity index is 389. The SMILES string of the molecule is CCCCCCCC1NCCc2cc(OC)ccc21. The second kappa shape index (κ2) is 7.54. The van der Waals surface area contributed by atoms with Gasteiger partial charge in [0.05, 0.1) is 7.11 Å². The van der Waals surface area contributed by atoms with Crippen molar-refractivity contribution in [2.45, 2.75) is 57.9 Å². The Kier molecular flexibility index (Phi) is 5.71. The Hall–Kier alpha value is -1.02. The Labute approximate surface area is 117 Å². The first-order chi connectivity index (χ1) is 9.35. The van der Waals surface area contributed by atoms with Crippen LogP contribution in [0.3, 0.4) is 0 Å². The lowest BCUT2D eigenvalue weighted by Gasteiger charge is -2.27. The van der Waals surface area contributed by atoms with E-state index in [0.29, 0.717) is 6.04 Å². The van der Waals surface area contributed by atoms with Gasteiger partial charge in [0.1, 0.15) is 5.75 Å². The van der Waals surface area contributed by atoms with Gasteiger partial charge in [0.25, 0.3) is 0 Å². The van der Waals surface area contributed by atoms with Gasteiger partial charge in [-0.15, -0.1) is 0 Å². The Morgan fingerprint density at radius 1 is 1.21 bits per heavy atom. The third kappa shape index (κ3) is 3.97. The summed E-state index contributed by atoms with van der Waals surface area (Å²) in [7, 11) is 1.74. The first kappa shape index (κ1) is 14.4. The lowest BCUT2D eigenvalue weighted by atomic mass is 9.91. The van der Waals surface area contributed by atoms with Crippen LogP contribution in [0.5, 0.6) is 5.75 Å². The van der Waals surface area contributed by atoms with E-state index in [9.17, 15) is 0 Å². The highest BCUT2D eigenvalue weighted by Gasteiger charge is 2.19. The van der Waals surface area contributed by atoms with Crippen LogP contribution in [0.1, 0.15) is 62.6 Å². The van der Waals surface area contributed by atoms with E-state index in [2.05, 4.69) is 30.4 Å². The number of hydrogen-bond acceptors (Lipinski definition) is 2. The minimum absolute atomic E-state index is 0.552. The molecule has 1 aromatic rings. The molecule has 2 heteroatoms. The normalized spacial score (nSPS) is 18.1. The predicted molar refractivity (Wildman–Crippen MR) is 80.8 cm³/mol. The van der Waals surface area contributed by atoms with Crippen LogP contribution in [-0.4, -0.2) is 13.7 Å². The van der Waals surface area contributed by atoms with Crippen molar-refractivity contribution in [1.29, 1.82) is 0 Å². The molecule has 19 heavy (non-hydrogen) atoms. The molecule has 1 atom stereocenters. The molecule has 1 aromatic carbocycles. The van der Waals surface area contributed by atoms with E-state index >= 15 is 0 Å². The Balaban J connectivity index is 1.90. The van der Waals surface area contributed by atoms with Crippen LogP contribution in [0.15, 0.2) is 18.2 Å². The van der Waals surface area contributed by atoms with E-state index in [-0.39, 0.29) is 0 Å². The minimum Gasteiger partial charge on any atom is -0.497 e. The second-order valence-electron chi connectivity index (χ2n) is 5.52. The summed E-state index contributed by atoms with van der Waals surface area (Å²) >= 11 is 0. The van der Waals surface area contributed by atoms with Crippen LogP contribution in [0.25, 0.3) is 0 Å². The summed E-state index contributed by atoms with van der Waals surface area (Å²) in [4.78, 5) is 0. The lowest BCUT2D eigenvalue weighted by Crippen LogP contribution is -2.29. The zero-order valence-electron chi connectivity index (χ0n) is 12.4. The number of rotatable bonds is 7. The highest BCUT2D eigenvalue weighted by Crippen LogP contribution is 2.29. The third-order valence-corrected chi connectivity index (χ3v) is 4.11. The van der Waals surface area contributed by atoms with E-state index in [4.69, 9.17) is 4.74 Å². The first-order valence-corrected chi connectivity index (χ1v) is 7.75. The second-order valence-corrected chi connectivity index (χ2v) is 5.52. The lowest BCUT2D eigenvalue weighted by molar-refractivity contribution is 0.410. The molecule has 0 aliphatic carbocycles. The van der Waals surface area contributed by atoms with E-state index in [1.165, 1.54) is 49.7 Å². The average molecular weight is 261 g/mol. The minimum atomic E-state index is 0.552. The van der Waals surface area contributed by atoms with E-state index < -0.39 is 0 Å². The van der Waals surface area contributed by atoms with Crippen LogP contribution in [0.2, 0.25) is 0 Å². The zero-order chi connectivity index (χ0) is 13.5. The summed E-state index contributed by atoms with van der Waals surface area (Å²) < 4.78 is 5.32. The van der Waals surface area contributed by atoms with Crippen molar-refractivity contribution in [3.63, 3.8) is 0 Å². The first-order valence-electron chi connectivity index (χ1n) is 7.75. The molecule has 1 aliphatic rings. The summed E-state index contributed by atoms with van der Waals surface area (Å²) in [6, 6.07) is 7.10. The third-order valence-electron chi connectivity index (χ3n) is 4.11. The van der Waals surface area contributed by atoms with Crippen LogP contribution in [-0.2, 0) is 6.42 Å².